The lowest BCUT2D eigenvalue weighted by atomic mass is 10.1. The number of anilines is 1. The molecule has 1 heterocycles. The van der Waals surface area contributed by atoms with Gasteiger partial charge in [0.2, 0.25) is 15.9 Å². The van der Waals surface area contributed by atoms with Crippen LogP contribution in [0.1, 0.15) is 37.3 Å². The maximum atomic E-state index is 12.7. The molecule has 1 fully saturated rings. The molecule has 174 valence electrons. The number of likely N-dealkylation sites (N-methyl/N-ethyl adjacent to an activating group) is 1. The molecule has 1 unspecified atom stereocenters. The molecule has 0 spiro atoms. The molecule has 3 N–H and O–H groups in total. The van der Waals surface area contributed by atoms with Gasteiger partial charge in [0.15, 0.2) is 0 Å². The highest BCUT2D eigenvalue weighted by atomic mass is 32.2. The number of carbonyl (C=O) groups excluding carboxylic acids is 1. The average molecular weight is 459 g/mol. The zero-order valence-electron chi connectivity index (χ0n) is 19.0. The maximum absolute atomic E-state index is 12.7. The average Bonchev–Trinajstić information content (AvgIpc) is 2.79. The summed E-state index contributed by atoms with van der Waals surface area (Å²) in [6.07, 6.45) is 4.37. The minimum Gasteiger partial charge on any atom is -0.371 e. The van der Waals surface area contributed by atoms with Crippen molar-refractivity contribution in [2.45, 2.75) is 50.1 Å². The number of carbonyl (C=O) groups is 1. The van der Waals surface area contributed by atoms with Gasteiger partial charge in [0.1, 0.15) is 0 Å². The Hall–Kier alpha value is -2.42. The number of rotatable bonds is 9. The Morgan fingerprint density at radius 2 is 1.75 bits per heavy atom. The molecule has 0 aromatic heterocycles. The molecular formula is C24H34N4O3S. The van der Waals surface area contributed by atoms with Crippen LogP contribution < -0.4 is 15.4 Å². The van der Waals surface area contributed by atoms with E-state index in [0.29, 0.717) is 19.5 Å². The van der Waals surface area contributed by atoms with Gasteiger partial charge in [0.25, 0.3) is 0 Å². The van der Waals surface area contributed by atoms with Gasteiger partial charge >= 0.3 is 0 Å². The minimum absolute atomic E-state index is 0.0240. The summed E-state index contributed by atoms with van der Waals surface area (Å²) in [5.41, 5.74) is 3.45. The van der Waals surface area contributed by atoms with Crippen LogP contribution in [0, 0.1) is 0 Å². The lowest BCUT2D eigenvalue weighted by molar-refractivity contribution is -0.125. The van der Waals surface area contributed by atoms with Crippen molar-refractivity contribution in [2.24, 2.45) is 5.14 Å². The quantitative estimate of drug-likeness (QED) is 0.602. The van der Waals surface area contributed by atoms with Gasteiger partial charge in [-0.25, -0.2) is 13.6 Å². The SMILES string of the molecule is CC(C(=O)NCCc1ccc(S(N)(=O)=O)cc1)N(C)Cc1ccccc1N1CCCCC1. The topological polar surface area (TPSA) is 95.7 Å². The number of nitrogens with zero attached hydrogens (tertiary/aromatic N) is 2. The Labute approximate surface area is 191 Å². The summed E-state index contributed by atoms with van der Waals surface area (Å²) >= 11 is 0. The second-order valence-corrected chi connectivity index (χ2v) is 10.1. The first kappa shape index (κ1) is 24.2. The van der Waals surface area contributed by atoms with Crippen LogP contribution in [0.5, 0.6) is 0 Å². The Balaban J connectivity index is 1.51. The number of primary sulfonamides is 1. The van der Waals surface area contributed by atoms with Crippen LogP contribution in [0.3, 0.4) is 0 Å². The first-order valence-corrected chi connectivity index (χ1v) is 12.7. The third-order valence-electron chi connectivity index (χ3n) is 6.11. The Bertz CT molecular complexity index is 1000. The lowest BCUT2D eigenvalue weighted by Crippen LogP contribution is -2.43. The van der Waals surface area contributed by atoms with Crippen molar-refractivity contribution >= 4 is 21.6 Å². The van der Waals surface area contributed by atoms with E-state index < -0.39 is 10.0 Å². The number of piperidine rings is 1. The second kappa shape index (κ2) is 10.9. The monoisotopic (exact) mass is 458 g/mol. The molecule has 0 saturated carbocycles. The number of sulfonamides is 1. The molecule has 0 aliphatic carbocycles. The van der Waals surface area contributed by atoms with Gasteiger partial charge in [-0.05, 0) is 69.0 Å². The van der Waals surface area contributed by atoms with Gasteiger partial charge < -0.3 is 10.2 Å². The van der Waals surface area contributed by atoms with E-state index in [1.807, 2.05) is 14.0 Å². The minimum atomic E-state index is -3.69. The molecule has 8 heteroatoms. The molecular weight excluding hydrogens is 424 g/mol. The largest absolute Gasteiger partial charge is 0.371 e. The van der Waals surface area contributed by atoms with Crippen molar-refractivity contribution < 1.29 is 13.2 Å². The van der Waals surface area contributed by atoms with Gasteiger partial charge in [0.05, 0.1) is 10.9 Å². The van der Waals surface area contributed by atoms with Crippen LogP contribution in [-0.2, 0) is 27.8 Å². The smallest absolute Gasteiger partial charge is 0.238 e. The van der Waals surface area contributed by atoms with E-state index in [9.17, 15) is 13.2 Å². The number of para-hydroxylation sites is 1. The second-order valence-electron chi connectivity index (χ2n) is 8.50. The molecule has 7 nitrogen and oxygen atoms in total. The molecule has 2 aromatic rings. The van der Waals surface area contributed by atoms with Crippen molar-refractivity contribution in [3.63, 3.8) is 0 Å². The molecule has 1 aliphatic rings. The first-order chi connectivity index (χ1) is 15.3. The van der Waals surface area contributed by atoms with Gasteiger partial charge in [0, 0.05) is 31.9 Å². The van der Waals surface area contributed by atoms with Crippen LogP contribution in [0.4, 0.5) is 5.69 Å². The number of hydrogen-bond donors (Lipinski definition) is 2. The highest BCUT2D eigenvalue weighted by molar-refractivity contribution is 7.89. The van der Waals surface area contributed by atoms with E-state index in [1.54, 1.807) is 12.1 Å². The summed E-state index contributed by atoms with van der Waals surface area (Å²) in [6, 6.07) is 14.6. The van der Waals surface area contributed by atoms with Crippen LogP contribution >= 0.6 is 0 Å². The van der Waals surface area contributed by atoms with Crippen LogP contribution in [-0.4, -0.2) is 51.9 Å². The predicted molar refractivity (Wildman–Crippen MR) is 128 cm³/mol. The molecule has 1 saturated heterocycles. The van der Waals surface area contributed by atoms with Gasteiger partial charge in [-0.2, -0.15) is 0 Å². The van der Waals surface area contributed by atoms with E-state index in [-0.39, 0.29) is 16.8 Å². The fourth-order valence-corrected chi connectivity index (χ4v) is 4.53. The normalized spacial score (nSPS) is 15.6. The van der Waals surface area contributed by atoms with Crippen molar-refractivity contribution in [1.82, 2.24) is 10.2 Å². The summed E-state index contributed by atoms with van der Waals surface area (Å²) in [4.78, 5) is 17.3. The summed E-state index contributed by atoms with van der Waals surface area (Å²) in [5.74, 6) is -0.0240. The molecule has 2 aromatic carbocycles. The van der Waals surface area contributed by atoms with Gasteiger partial charge in [-0.3, -0.25) is 9.69 Å². The zero-order valence-corrected chi connectivity index (χ0v) is 19.8. The van der Waals surface area contributed by atoms with E-state index in [1.165, 1.54) is 42.6 Å². The Morgan fingerprint density at radius 1 is 1.09 bits per heavy atom. The van der Waals surface area contributed by atoms with E-state index in [2.05, 4.69) is 39.4 Å². The van der Waals surface area contributed by atoms with Crippen molar-refractivity contribution in [3.05, 3.63) is 59.7 Å². The molecule has 1 amide bonds. The highest BCUT2D eigenvalue weighted by Crippen LogP contribution is 2.25. The standard InChI is InChI=1S/C24H34N4O3S/c1-19(24(29)26-15-14-20-10-12-22(13-11-20)32(25,30)31)27(2)18-21-8-4-5-9-23(21)28-16-6-3-7-17-28/h4-5,8-13,19H,3,6-7,14-18H2,1-2H3,(H,26,29)(H2,25,30,31). The molecule has 0 bridgehead atoms. The van der Waals surface area contributed by atoms with Crippen molar-refractivity contribution in [2.75, 3.05) is 31.6 Å². The Kier molecular flexibility index (Phi) is 8.28. The predicted octanol–water partition coefficient (Wildman–Crippen LogP) is 2.50. The molecule has 1 atom stereocenters. The number of nitrogens with one attached hydrogen (secondary N) is 1. The van der Waals surface area contributed by atoms with E-state index in [0.717, 1.165) is 18.7 Å². The third kappa shape index (κ3) is 6.54. The summed E-state index contributed by atoms with van der Waals surface area (Å²) < 4.78 is 22.7. The highest BCUT2D eigenvalue weighted by Gasteiger charge is 2.20. The fourth-order valence-electron chi connectivity index (χ4n) is 4.02. The molecule has 3 rings (SSSR count). The third-order valence-corrected chi connectivity index (χ3v) is 7.04. The number of benzene rings is 2. The first-order valence-electron chi connectivity index (χ1n) is 11.2. The number of amides is 1. The zero-order chi connectivity index (χ0) is 23.1. The summed E-state index contributed by atoms with van der Waals surface area (Å²) in [7, 11) is -1.71. The molecule has 32 heavy (non-hydrogen) atoms. The number of hydrogen-bond acceptors (Lipinski definition) is 5. The molecule has 0 radical (unpaired) electrons. The lowest BCUT2D eigenvalue weighted by Gasteiger charge is -2.32. The van der Waals surface area contributed by atoms with Gasteiger partial charge in [-0.15, -0.1) is 0 Å². The van der Waals surface area contributed by atoms with Crippen LogP contribution in [0.2, 0.25) is 0 Å². The van der Waals surface area contributed by atoms with Crippen molar-refractivity contribution in [1.29, 1.82) is 0 Å². The van der Waals surface area contributed by atoms with E-state index in [4.69, 9.17) is 5.14 Å². The van der Waals surface area contributed by atoms with E-state index >= 15 is 0 Å². The van der Waals surface area contributed by atoms with Crippen LogP contribution in [0.15, 0.2) is 53.4 Å². The van der Waals surface area contributed by atoms with Crippen molar-refractivity contribution in [3.8, 4) is 0 Å². The number of nitrogens with two attached hydrogens (primary N) is 1. The fraction of sp³-hybridized carbons (Fsp3) is 0.458. The Morgan fingerprint density at radius 3 is 2.41 bits per heavy atom. The van der Waals surface area contributed by atoms with Crippen LogP contribution in [0.25, 0.3) is 0 Å². The summed E-state index contributed by atoms with van der Waals surface area (Å²) in [6.45, 7) is 5.29. The molecule has 1 aliphatic heterocycles. The summed E-state index contributed by atoms with van der Waals surface area (Å²) in [5, 5.41) is 8.11. The van der Waals surface area contributed by atoms with Gasteiger partial charge in [-0.1, -0.05) is 30.3 Å². The maximum Gasteiger partial charge on any atom is 0.238 e.